The lowest BCUT2D eigenvalue weighted by Crippen LogP contribution is -2.14. The smallest absolute Gasteiger partial charge is 0.220 e. The Kier molecular flexibility index (Phi) is 5.90. The molecule has 0 aliphatic heterocycles. The Labute approximate surface area is 69.4 Å². The summed E-state index contributed by atoms with van der Waals surface area (Å²) in [6, 6.07) is 0. The van der Waals surface area contributed by atoms with Crippen LogP contribution in [0.25, 0.3) is 0 Å². The molecule has 1 N–H and O–H groups in total. The van der Waals surface area contributed by atoms with Gasteiger partial charge in [0.25, 0.3) is 0 Å². The molecular weight excluding hydrogens is 138 g/mol. The molecule has 1 amide bonds. The van der Waals surface area contributed by atoms with E-state index in [2.05, 4.69) is 26.2 Å². The third-order valence-electron chi connectivity index (χ3n) is 1.63. The molecule has 0 heterocycles. The Hall–Kier alpha value is -0.530. The summed E-state index contributed by atoms with van der Waals surface area (Å²) >= 11 is 0. The molecule has 0 bridgehead atoms. The van der Waals surface area contributed by atoms with E-state index in [0.717, 1.165) is 18.8 Å². The molecule has 0 fully saturated rings. The topological polar surface area (TPSA) is 29.1 Å². The number of carbonyl (C=O) groups is 1. The Morgan fingerprint density at radius 1 is 1.45 bits per heavy atom. The van der Waals surface area contributed by atoms with Crippen LogP contribution in [0.4, 0.5) is 0 Å². The Morgan fingerprint density at radius 2 is 2.09 bits per heavy atom. The third-order valence-corrected chi connectivity index (χ3v) is 1.63. The van der Waals surface area contributed by atoms with Gasteiger partial charge in [0.15, 0.2) is 0 Å². The van der Waals surface area contributed by atoms with Crippen molar-refractivity contribution in [3.8, 4) is 0 Å². The predicted molar refractivity (Wildman–Crippen MR) is 46.8 cm³/mol. The van der Waals surface area contributed by atoms with E-state index in [1.807, 2.05) is 0 Å². The maximum absolute atomic E-state index is 10.7. The number of nitrogens with one attached hydrogen (secondary N) is 1. The van der Waals surface area contributed by atoms with Crippen LogP contribution in [0.1, 0.15) is 39.5 Å². The molecular formula is C9H18NO. The molecule has 0 aliphatic rings. The molecule has 0 saturated heterocycles. The zero-order chi connectivity index (χ0) is 8.69. The van der Waals surface area contributed by atoms with Crippen LogP contribution in [-0.4, -0.2) is 5.91 Å². The standard InChI is InChI=1S/C9H18NO/c1-8(2)6-4-5-7-9(11)10-3/h8H,3-7H2,1-2H3,(H,10,11). The van der Waals surface area contributed by atoms with Crippen molar-refractivity contribution in [2.75, 3.05) is 0 Å². The minimum atomic E-state index is 0.0498. The zero-order valence-electron chi connectivity index (χ0n) is 7.52. The van der Waals surface area contributed by atoms with Crippen LogP contribution in [0.3, 0.4) is 0 Å². The molecule has 11 heavy (non-hydrogen) atoms. The monoisotopic (exact) mass is 156 g/mol. The van der Waals surface area contributed by atoms with Crippen molar-refractivity contribution < 1.29 is 4.79 Å². The summed E-state index contributed by atoms with van der Waals surface area (Å²) in [6.45, 7) is 4.39. The van der Waals surface area contributed by atoms with E-state index in [1.54, 1.807) is 0 Å². The van der Waals surface area contributed by atoms with Gasteiger partial charge >= 0.3 is 0 Å². The Bertz CT molecular complexity index is 110. The van der Waals surface area contributed by atoms with E-state index in [4.69, 9.17) is 0 Å². The van der Waals surface area contributed by atoms with Crippen molar-refractivity contribution in [1.29, 1.82) is 0 Å². The summed E-state index contributed by atoms with van der Waals surface area (Å²) in [7, 11) is 3.30. The van der Waals surface area contributed by atoms with E-state index < -0.39 is 0 Å². The third kappa shape index (κ3) is 7.37. The van der Waals surface area contributed by atoms with Crippen LogP contribution < -0.4 is 5.32 Å². The van der Waals surface area contributed by atoms with Crippen molar-refractivity contribution in [2.24, 2.45) is 5.92 Å². The first-order valence-corrected chi connectivity index (χ1v) is 4.22. The van der Waals surface area contributed by atoms with Crippen LogP contribution in [0.5, 0.6) is 0 Å². The van der Waals surface area contributed by atoms with E-state index in [1.165, 1.54) is 6.42 Å². The number of hydrogen-bond acceptors (Lipinski definition) is 1. The summed E-state index contributed by atoms with van der Waals surface area (Å²) < 4.78 is 0. The second-order valence-electron chi connectivity index (χ2n) is 3.24. The van der Waals surface area contributed by atoms with Crippen molar-refractivity contribution in [3.63, 3.8) is 0 Å². The fraction of sp³-hybridized carbons (Fsp3) is 0.778. The molecule has 65 valence electrons. The molecule has 0 unspecified atom stereocenters. The maximum atomic E-state index is 10.7. The van der Waals surface area contributed by atoms with Gasteiger partial charge in [-0.2, -0.15) is 0 Å². The minimum absolute atomic E-state index is 0.0498. The van der Waals surface area contributed by atoms with Gasteiger partial charge in [-0.1, -0.05) is 26.7 Å². The van der Waals surface area contributed by atoms with Crippen LogP contribution in [0.15, 0.2) is 0 Å². The quantitative estimate of drug-likeness (QED) is 0.607. The summed E-state index contributed by atoms with van der Waals surface area (Å²) in [5.41, 5.74) is 0. The molecule has 1 radical (unpaired) electrons. The number of hydrogen-bond donors (Lipinski definition) is 1. The van der Waals surface area contributed by atoms with Gasteiger partial charge in [0.05, 0.1) is 0 Å². The van der Waals surface area contributed by atoms with E-state index in [0.29, 0.717) is 6.42 Å². The summed E-state index contributed by atoms with van der Waals surface area (Å²) in [6.07, 6.45) is 3.96. The first kappa shape index (κ1) is 10.5. The summed E-state index contributed by atoms with van der Waals surface area (Å²) in [5.74, 6) is 0.798. The Balaban J connectivity index is 3.08. The molecule has 2 heteroatoms. The summed E-state index contributed by atoms with van der Waals surface area (Å²) in [4.78, 5) is 10.7. The van der Waals surface area contributed by atoms with Crippen molar-refractivity contribution in [2.45, 2.75) is 39.5 Å². The SMILES string of the molecule is [CH2]NC(=O)CCCCC(C)C. The van der Waals surface area contributed by atoms with Gasteiger partial charge in [-0.3, -0.25) is 4.79 Å². The maximum Gasteiger partial charge on any atom is 0.220 e. The molecule has 0 rings (SSSR count). The highest BCUT2D eigenvalue weighted by molar-refractivity contribution is 5.75. The average molecular weight is 156 g/mol. The van der Waals surface area contributed by atoms with Crippen LogP contribution >= 0.6 is 0 Å². The molecule has 0 aliphatic carbocycles. The van der Waals surface area contributed by atoms with Gasteiger partial charge in [-0.05, 0) is 12.3 Å². The Morgan fingerprint density at radius 3 is 2.55 bits per heavy atom. The molecule has 0 aromatic heterocycles. The van der Waals surface area contributed by atoms with Gasteiger partial charge in [0.1, 0.15) is 0 Å². The minimum Gasteiger partial charge on any atom is -0.354 e. The number of carbonyl (C=O) groups excluding carboxylic acids is 1. The first-order valence-electron chi connectivity index (χ1n) is 4.22. The second kappa shape index (κ2) is 6.20. The molecule has 0 aromatic rings. The van der Waals surface area contributed by atoms with Crippen molar-refractivity contribution in [3.05, 3.63) is 7.05 Å². The number of amides is 1. The van der Waals surface area contributed by atoms with Gasteiger partial charge in [0, 0.05) is 13.5 Å². The molecule has 0 atom stereocenters. The van der Waals surface area contributed by atoms with Crippen molar-refractivity contribution in [1.82, 2.24) is 5.32 Å². The predicted octanol–water partition coefficient (Wildman–Crippen LogP) is 2.11. The lowest BCUT2D eigenvalue weighted by molar-refractivity contribution is -0.120. The zero-order valence-corrected chi connectivity index (χ0v) is 7.52. The fourth-order valence-corrected chi connectivity index (χ4v) is 0.927. The molecule has 0 saturated carbocycles. The van der Waals surface area contributed by atoms with Crippen molar-refractivity contribution >= 4 is 5.91 Å². The van der Waals surface area contributed by atoms with Crippen LogP contribution in [-0.2, 0) is 4.79 Å². The van der Waals surface area contributed by atoms with Gasteiger partial charge in [0.2, 0.25) is 5.91 Å². The highest BCUT2D eigenvalue weighted by Crippen LogP contribution is 2.07. The normalized spacial score (nSPS) is 10.2. The first-order chi connectivity index (χ1) is 5.16. The number of unbranched alkanes of at least 4 members (excludes halogenated alkanes) is 1. The van der Waals surface area contributed by atoms with Crippen LogP contribution in [0.2, 0.25) is 0 Å². The van der Waals surface area contributed by atoms with Crippen LogP contribution in [0, 0.1) is 13.0 Å². The van der Waals surface area contributed by atoms with E-state index >= 15 is 0 Å². The van der Waals surface area contributed by atoms with Gasteiger partial charge in [-0.25, -0.2) is 0 Å². The highest BCUT2D eigenvalue weighted by atomic mass is 16.1. The lowest BCUT2D eigenvalue weighted by atomic mass is 10.1. The molecule has 0 aromatic carbocycles. The van der Waals surface area contributed by atoms with Gasteiger partial charge < -0.3 is 5.32 Å². The number of rotatable bonds is 5. The largest absolute Gasteiger partial charge is 0.354 e. The van der Waals surface area contributed by atoms with E-state index in [-0.39, 0.29) is 5.91 Å². The molecule has 0 spiro atoms. The second-order valence-corrected chi connectivity index (χ2v) is 3.24. The lowest BCUT2D eigenvalue weighted by Gasteiger charge is -2.02. The average Bonchev–Trinajstić information content (AvgIpc) is 1.97. The molecule has 2 nitrogen and oxygen atoms in total. The van der Waals surface area contributed by atoms with Gasteiger partial charge in [-0.15, -0.1) is 0 Å². The van der Waals surface area contributed by atoms with E-state index in [9.17, 15) is 4.79 Å². The highest BCUT2D eigenvalue weighted by Gasteiger charge is 1.98. The summed E-state index contributed by atoms with van der Waals surface area (Å²) in [5, 5.41) is 2.36. The fourth-order valence-electron chi connectivity index (χ4n) is 0.927.